The highest BCUT2D eigenvalue weighted by Gasteiger charge is 2.35. The van der Waals surface area contributed by atoms with Crippen molar-refractivity contribution in [1.82, 2.24) is 20.0 Å². The zero-order chi connectivity index (χ0) is 19.6. The first-order valence-electron chi connectivity index (χ1n) is 10.2. The number of likely N-dealkylation sites (tertiary alicyclic amines) is 1. The van der Waals surface area contributed by atoms with E-state index < -0.39 is 6.17 Å². The number of alkyl halides is 1. The monoisotopic (exact) mass is 392 g/mol. The van der Waals surface area contributed by atoms with Crippen LogP contribution in [0.1, 0.15) is 12.5 Å². The lowest BCUT2D eigenvalue weighted by Crippen LogP contribution is -2.60. The summed E-state index contributed by atoms with van der Waals surface area (Å²) in [5.74, 6) is 1.59. The Bertz CT molecular complexity index is 939. The van der Waals surface area contributed by atoms with Crippen molar-refractivity contribution in [2.75, 3.05) is 26.2 Å². The Kier molecular flexibility index (Phi) is 5.04. The maximum Gasteiger partial charge on any atom is 0.135 e. The standard InChI is InChI=1S/C23H25FN4O/c24-21-16-27(18-14-25-15-18)12-11-23(21)28-13-10-22(26-28)17-6-8-20(9-7-17)29-19-4-2-1-3-5-19/h1-10,13,18,21,23,25H,11-12,14-16H2/t21-,23+/m0/s1. The van der Waals surface area contributed by atoms with Crippen molar-refractivity contribution in [2.45, 2.75) is 24.7 Å². The van der Waals surface area contributed by atoms with Crippen LogP contribution in [0, 0.1) is 0 Å². The molecule has 1 N–H and O–H groups in total. The number of benzene rings is 2. The Morgan fingerprint density at radius 2 is 1.72 bits per heavy atom. The van der Waals surface area contributed by atoms with Crippen LogP contribution in [0.25, 0.3) is 11.3 Å². The van der Waals surface area contributed by atoms with Crippen LogP contribution in [0.2, 0.25) is 0 Å². The van der Waals surface area contributed by atoms with Gasteiger partial charge in [-0.25, -0.2) is 4.39 Å². The third kappa shape index (κ3) is 3.91. The Morgan fingerprint density at radius 3 is 2.41 bits per heavy atom. The van der Waals surface area contributed by atoms with Crippen LogP contribution >= 0.6 is 0 Å². The predicted octanol–water partition coefficient (Wildman–Crippen LogP) is 3.90. The van der Waals surface area contributed by atoms with Crippen LogP contribution < -0.4 is 10.1 Å². The molecule has 2 atom stereocenters. The molecule has 0 unspecified atom stereocenters. The minimum absolute atomic E-state index is 0.186. The molecule has 3 aromatic rings. The predicted molar refractivity (Wildman–Crippen MR) is 111 cm³/mol. The zero-order valence-corrected chi connectivity index (χ0v) is 16.2. The van der Waals surface area contributed by atoms with Gasteiger partial charge in [-0.1, -0.05) is 18.2 Å². The van der Waals surface area contributed by atoms with Crippen molar-refractivity contribution in [1.29, 1.82) is 0 Å². The second-order valence-corrected chi connectivity index (χ2v) is 7.80. The summed E-state index contributed by atoms with van der Waals surface area (Å²) in [5, 5.41) is 7.94. The van der Waals surface area contributed by atoms with Crippen LogP contribution in [0.3, 0.4) is 0 Å². The number of nitrogens with one attached hydrogen (secondary N) is 1. The number of aromatic nitrogens is 2. The van der Waals surface area contributed by atoms with Crippen LogP contribution in [-0.2, 0) is 0 Å². The summed E-state index contributed by atoms with van der Waals surface area (Å²) in [7, 11) is 0. The van der Waals surface area contributed by atoms with E-state index in [1.807, 2.05) is 71.5 Å². The highest BCUT2D eigenvalue weighted by atomic mass is 19.1. The van der Waals surface area contributed by atoms with Gasteiger partial charge < -0.3 is 10.1 Å². The highest BCUT2D eigenvalue weighted by molar-refractivity contribution is 5.59. The van der Waals surface area contributed by atoms with E-state index in [1.165, 1.54) is 0 Å². The van der Waals surface area contributed by atoms with Gasteiger partial charge >= 0.3 is 0 Å². The van der Waals surface area contributed by atoms with Gasteiger partial charge in [0.2, 0.25) is 0 Å². The molecule has 150 valence electrons. The van der Waals surface area contributed by atoms with Gasteiger partial charge in [0.25, 0.3) is 0 Å². The molecule has 29 heavy (non-hydrogen) atoms. The lowest BCUT2D eigenvalue weighted by molar-refractivity contribution is 0.0390. The Hall–Kier alpha value is -2.70. The maximum atomic E-state index is 14.8. The molecule has 1 aromatic heterocycles. The molecular formula is C23H25FN4O. The minimum atomic E-state index is -0.890. The zero-order valence-electron chi connectivity index (χ0n) is 16.2. The summed E-state index contributed by atoms with van der Waals surface area (Å²) in [6.07, 6.45) is 1.81. The molecule has 3 heterocycles. The Morgan fingerprint density at radius 1 is 0.966 bits per heavy atom. The topological polar surface area (TPSA) is 42.3 Å². The fraction of sp³-hybridized carbons (Fsp3) is 0.348. The fourth-order valence-corrected chi connectivity index (χ4v) is 4.07. The van der Waals surface area contributed by atoms with Gasteiger partial charge in [0, 0.05) is 44.0 Å². The van der Waals surface area contributed by atoms with E-state index in [9.17, 15) is 4.39 Å². The average molecular weight is 392 g/mol. The van der Waals surface area contributed by atoms with Crippen LogP contribution in [0.15, 0.2) is 66.9 Å². The van der Waals surface area contributed by atoms with Gasteiger partial charge in [-0.05, 0) is 48.9 Å². The molecule has 0 radical (unpaired) electrons. The number of nitrogens with zero attached hydrogens (tertiary/aromatic N) is 3. The third-order valence-corrected chi connectivity index (χ3v) is 5.89. The summed E-state index contributed by atoms with van der Waals surface area (Å²) < 4.78 is 22.5. The first-order chi connectivity index (χ1) is 14.3. The Labute approximate surface area is 170 Å². The molecule has 6 heteroatoms. The first kappa shape index (κ1) is 18.3. The van der Waals surface area contributed by atoms with Crippen molar-refractivity contribution in [3.05, 3.63) is 66.9 Å². The lowest BCUT2D eigenvalue weighted by atomic mass is 9.99. The van der Waals surface area contributed by atoms with E-state index in [0.717, 1.165) is 48.8 Å². The summed E-state index contributed by atoms with van der Waals surface area (Å²) in [5.41, 5.74) is 1.85. The molecule has 2 saturated heterocycles. The molecule has 0 aliphatic carbocycles. The van der Waals surface area contributed by atoms with Gasteiger partial charge in [-0.2, -0.15) is 5.10 Å². The van der Waals surface area contributed by atoms with Gasteiger partial charge in [-0.15, -0.1) is 0 Å². The third-order valence-electron chi connectivity index (χ3n) is 5.89. The van der Waals surface area contributed by atoms with Gasteiger partial charge in [-0.3, -0.25) is 9.58 Å². The number of piperidine rings is 1. The molecular weight excluding hydrogens is 367 g/mol. The molecule has 2 aliphatic rings. The lowest BCUT2D eigenvalue weighted by Gasteiger charge is -2.43. The number of halogens is 1. The summed E-state index contributed by atoms with van der Waals surface area (Å²) in [6, 6.07) is 19.8. The van der Waals surface area contributed by atoms with Crippen molar-refractivity contribution in [2.24, 2.45) is 0 Å². The summed E-state index contributed by atoms with van der Waals surface area (Å²) in [6.45, 7) is 3.39. The largest absolute Gasteiger partial charge is 0.457 e. The number of rotatable bonds is 5. The quantitative estimate of drug-likeness (QED) is 0.715. The van der Waals surface area contributed by atoms with Gasteiger partial charge in [0.1, 0.15) is 17.7 Å². The van der Waals surface area contributed by atoms with E-state index in [2.05, 4.69) is 15.3 Å². The van der Waals surface area contributed by atoms with Crippen molar-refractivity contribution in [3.8, 4) is 22.8 Å². The van der Waals surface area contributed by atoms with Gasteiger partial charge in [0.15, 0.2) is 0 Å². The second kappa shape index (κ2) is 7.97. The summed E-state index contributed by atoms with van der Waals surface area (Å²) in [4.78, 5) is 2.27. The van der Waals surface area contributed by atoms with Crippen LogP contribution in [-0.4, -0.2) is 53.1 Å². The highest BCUT2D eigenvalue weighted by Crippen LogP contribution is 2.29. The number of hydrogen-bond acceptors (Lipinski definition) is 4. The van der Waals surface area contributed by atoms with Gasteiger partial charge in [0.05, 0.1) is 11.7 Å². The van der Waals surface area contributed by atoms with Crippen molar-refractivity contribution in [3.63, 3.8) is 0 Å². The molecule has 5 rings (SSSR count). The number of hydrogen-bond donors (Lipinski definition) is 1. The van der Waals surface area contributed by atoms with E-state index >= 15 is 0 Å². The molecule has 0 saturated carbocycles. The van der Waals surface area contributed by atoms with E-state index in [4.69, 9.17) is 4.74 Å². The molecule has 2 aromatic carbocycles. The second-order valence-electron chi connectivity index (χ2n) is 7.80. The SMILES string of the molecule is F[C@H]1CN(C2CNC2)CC[C@H]1n1ccc(-c2ccc(Oc3ccccc3)cc2)n1. The molecule has 0 bridgehead atoms. The molecule has 2 aliphatic heterocycles. The maximum absolute atomic E-state index is 14.8. The van der Waals surface area contributed by atoms with Crippen LogP contribution in [0.5, 0.6) is 11.5 Å². The molecule has 5 nitrogen and oxygen atoms in total. The average Bonchev–Trinajstić information content (AvgIpc) is 3.18. The van der Waals surface area contributed by atoms with E-state index in [-0.39, 0.29) is 6.04 Å². The molecule has 0 amide bonds. The number of para-hydroxylation sites is 1. The van der Waals surface area contributed by atoms with Crippen LogP contribution in [0.4, 0.5) is 4.39 Å². The normalized spacial score (nSPS) is 22.9. The van der Waals surface area contributed by atoms with Crippen molar-refractivity contribution < 1.29 is 9.13 Å². The fourth-order valence-electron chi connectivity index (χ4n) is 4.07. The smallest absolute Gasteiger partial charge is 0.135 e. The minimum Gasteiger partial charge on any atom is -0.457 e. The Balaban J connectivity index is 1.25. The summed E-state index contributed by atoms with van der Waals surface area (Å²) >= 11 is 0. The number of ether oxygens (including phenoxy) is 1. The van der Waals surface area contributed by atoms with E-state index in [1.54, 1.807) is 0 Å². The van der Waals surface area contributed by atoms with Crippen molar-refractivity contribution >= 4 is 0 Å². The molecule has 2 fully saturated rings. The first-order valence-corrected chi connectivity index (χ1v) is 10.2. The molecule has 0 spiro atoms. The van der Waals surface area contributed by atoms with E-state index in [0.29, 0.717) is 12.6 Å².